The highest BCUT2D eigenvalue weighted by Gasteiger charge is 2.27. The van der Waals surface area contributed by atoms with E-state index in [1.54, 1.807) is 24.3 Å². The molecule has 26 heavy (non-hydrogen) atoms. The average Bonchev–Trinajstić information content (AvgIpc) is 3.13. The van der Waals surface area contributed by atoms with Gasteiger partial charge in [-0.1, -0.05) is 12.1 Å². The van der Waals surface area contributed by atoms with Gasteiger partial charge in [0.05, 0.1) is 26.2 Å². The van der Waals surface area contributed by atoms with Crippen LogP contribution in [0.3, 0.4) is 0 Å². The molecule has 1 fully saturated rings. The number of benzene rings is 1. The standard InChI is InChI=1S/C17H19FN2O4S2/c18-14-3-1-13(2-4-14)11-16(21)19-12-15-5-6-17(25-15)26(22,23)20-7-9-24-10-8-20/h1-6H,7-12H2,(H,19,21). The molecular formula is C17H19FN2O4S2. The summed E-state index contributed by atoms with van der Waals surface area (Å²) >= 11 is 1.15. The SMILES string of the molecule is O=C(Cc1ccc(F)cc1)NCc1ccc(S(=O)(=O)N2CCOCC2)s1. The number of sulfonamides is 1. The third kappa shape index (κ3) is 4.67. The van der Waals surface area contributed by atoms with Crippen molar-refractivity contribution in [2.45, 2.75) is 17.2 Å². The highest BCUT2D eigenvalue weighted by molar-refractivity contribution is 7.91. The first-order chi connectivity index (χ1) is 12.4. The Bertz CT molecular complexity index is 859. The van der Waals surface area contributed by atoms with Crippen molar-refractivity contribution >= 4 is 27.3 Å². The largest absolute Gasteiger partial charge is 0.379 e. The van der Waals surface area contributed by atoms with Crippen LogP contribution in [0.1, 0.15) is 10.4 Å². The number of carbonyl (C=O) groups excluding carboxylic acids is 1. The minimum absolute atomic E-state index is 0.143. The number of nitrogens with zero attached hydrogens (tertiary/aromatic N) is 1. The van der Waals surface area contributed by atoms with Gasteiger partial charge < -0.3 is 10.1 Å². The summed E-state index contributed by atoms with van der Waals surface area (Å²) in [7, 11) is -3.51. The number of nitrogens with one attached hydrogen (secondary N) is 1. The van der Waals surface area contributed by atoms with E-state index in [1.807, 2.05) is 0 Å². The lowest BCUT2D eigenvalue weighted by molar-refractivity contribution is -0.120. The molecule has 1 aliphatic heterocycles. The molecule has 140 valence electrons. The van der Waals surface area contributed by atoms with Crippen molar-refractivity contribution in [3.8, 4) is 0 Å². The Kier molecular flexibility index (Phi) is 6.02. The third-order valence-corrected chi connectivity index (χ3v) is 7.39. The summed E-state index contributed by atoms with van der Waals surface area (Å²) < 4.78 is 44.9. The van der Waals surface area contributed by atoms with Gasteiger partial charge in [-0.15, -0.1) is 11.3 Å². The van der Waals surface area contributed by atoms with Crippen molar-refractivity contribution in [2.75, 3.05) is 26.3 Å². The highest BCUT2D eigenvalue weighted by atomic mass is 32.2. The van der Waals surface area contributed by atoms with Crippen LogP contribution >= 0.6 is 11.3 Å². The van der Waals surface area contributed by atoms with Crippen LogP contribution in [-0.4, -0.2) is 44.9 Å². The van der Waals surface area contributed by atoms with Gasteiger partial charge in [0, 0.05) is 18.0 Å². The fourth-order valence-electron chi connectivity index (χ4n) is 2.54. The summed E-state index contributed by atoms with van der Waals surface area (Å²) in [4.78, 5) is 12.7. The molecule has 0 radical (unpaired) electrons. The lowest BCUT2D eigenvalue weighted by Crippen LogP contribution is -2.40. The van der Waals surface area contributed by atoms with E-state index in [0.717, 1.165) is 16.2 Å². The molecule has 1 aliphatic rings. The fourth-order valence-corrected chi connectivity index (χ4v) is 5.40. The van der Waals surface area contributed by atoms with Crippen molar-refractivity contribution in [1.82, 2.24) is 9.62 Å². The molecular weight excluding hydrogens is 379 g/mol. The van der Waals surface area contributed by atoms with Crippen LogP contribution in [-0.2, 0) is 32.5 Å². The van der Waals surface area contributed by atoms with Crippen molar-refractivity contribution in [3.05, 3.63) is 52.7 Å². The zero-order valence-corrected chi connectivity index (χ0v) is 15.6. The summed E-state index contributed by atoms with van der Waals surface area (Å²) in [6.07, 6.45) is 0.143. The Morgan fingerprint density at radius 1 is 1.15 bits per heavy atom. The second-order valence-electron chi connectivity index (χ2n) is 5.82. The van der Waals surface area contributed by atoms with E-state index in [2.05, 4.69) is 5.32 Å². The molecule has 2 heterocycles. The van der Waals surface area contributed by atoms with Gasteiger partial charge in [0.25, 0.3) is 10.0 Å². The van der Waals surface area contributed by atoms with Crippen molar-refractivity contribution in [2.24, 2.45) is 0 Å². The zero-order valence-electron chi connectivity index (χ0n) is 14.0. The molecule has 1 amide bonds. The lowest BCUT2D eigenvalue weighted by Gasteiger charge is -2.25. The molecule has 1 N–H and O–H groups in total. The quantitative estimate of drug-likeness (QED) is 0.805. The normalized spacial score (nSPS) is 15.7. The molecule has 0 bridgehead atoms. The lowest BCUT2D eigenvalue weighted by atomic mass is 10.1. The number of carbonyl (C=O) groups is 1. The summed E-state index contributed by atoms with van der Waals surface area (Å²) in [6, 6.07) is 9.02. The monoisotopic (exact) mass is 398 g/mol. The number of morpholine rings is 1. The summed E-state index contributed by atoms with van der Waals surface area (Å²) in [5.41, 5.74) is 0.714. The van der Waals surface area contributed by atoms with Gasteiger partial charge in [-0.3, -0.25) is 4.79 Å². The first-order valence-corrected chi connectivity index (χ1v) is 10.4. The topological polar surface area (TPSA) is 75.7 Å². The molecule has 1 aromatic heterocycles. The van der Waals surface area contributed by atoms with Crippen molar-refractivity contribution in [1.29, 1.82) is 0 Å². The van der Waals surface area contributed by atoms with E-state index in [-0.39, 0.29) is 28.9 Å². The van der Waals surface area contributed by atoms with Crippen LogP contribution < -0.4 is 5.32 Å². The predicted octanol–water partition coefficient (Wildman–Crippen LogP) is 1.77. The highest BCUT2D eigenvalue weighted by Crippen LogP contribution is 2.25. The Hall–Kier alpha value is -1.81. The van der Waals surface area contributed by atoms with Gasteiger partial charge in [0.1, 0.15) is 10.0 Å². The van der Waals surface area contributed by atoms with Gasteiger partial charge in [0.2, 0.25) is 5.91 Å². The Balaban J connectivity index is 1.56. The van der Waals surface area contributed by atoms with E-state index < -0.39 is 10.0 Å². The first kappa shape index (κ1) is 19.0. The second kappa shape index (κ2) is 8.26. The molecule has 0 spiro atoms. The van der Waals surface area contributed by atoms with Gasteiger partial charge >= 0.3 is 0 Å². The van der Waals surface area contributed by atoms with Gasteiger partial charge in [0.15, 0.2) is 0 Å². The molecule has 6 nitrogen and oxygen atoms in total. The van der Waals surface area contributed by atoms with Crippen LogP contribution in [0.2, 0.25) is 0 Å². The minimum atomic E-state index is -3.51. The summed E-state index contributed by atoms with van der Waals surface area (Å²) in [6.45, 7) is 1.76. The third-order valence-electron chi connectivity index (χ3n) is 3.94. The van der Waals surface area contributed by atoms with Crippen LogP contribution in [0, 0.1) is 5.82 Å². The molecule has 0 aliphatic carbocycles. The molecule has 3 rings (SSSR count). The van der Waals surface area contributed by atoms with Crippen LogP contribution in [0.15, 0.2) is 40.6 Å². The zero-order chi connectivity index (χ0) is 18.6. The second-order valence-corrected chi connectivity index (χ2v) is 9.15. The molecule has 9 heteroatoms. The number of halogens is 1. The maximum Gasteiger partial charge on any atom is 0.252 e. The molecule has 0 saturated carbocycles. The van der Waals surface area contributed by atoms with Crippen LogP contribution in [0.5, 0.6) is 0 Å². The van der Waals surface area contributed by atoms with E-state index in [1.165, 1.54) is 16.4 Å². The van der Waals surface area contributed by atoms with Gasteiger partial charge in [-0.25, -0.2) is 12.8 Å². The van der Waals surface area contributed by atoms with Gasteiger partial charge in [-0.05, 0) is 29.8 Å². The Morgan fingerprint density at radius 2 is 1.85 bits per heavy atom. The summed E-state index contributed by atoms with van der Waals surface area (Å²) in [5.74, 6) is -0.552. The van der Waals surface area contributed by atoms with E-state index in [4.69, 9.17) is 4.74 Å². The number of hydrogen-bond donors (Lipinski definition) is 1. The maximum absolute atomic E-state index is 12.9. The van der Waals surface area contributed by atoms with E-state index >= 15 is 0 Å². The van der Waals surface area contributed by atoms with Gasteiger partial charge in [-0.2, -0.15) is 4.31 Å². The van der Waals surface area contributed by atoms with Crippen LogP contribution in [0.25, 0.3) is 0 Å². The molecule has 0 unspecified atom stereocenters. The molecule has 2 aromatic rings. The van der Waals surface area contributed by atoms with Crippen molar-refractivity contribution in [3.63, 3.8) is 0 Å². The van der Waals surface area contributed by atoms with Crippen LogP contribution in [0.4, 0.5) is 4.39 Å². The number of ether oxygens (including phenoxy) is 1. The fraction of sp³-hybridized carbons (Fsp3) is 0.353. The van der Waals surface area contributed by atoms with E-state index in [0.29, 0.717) is 31.9 Å². The smallest absolute Gasteiger partial charge is 0.252 e. The molecule has 1 aromatic carbocycles. The van der Waals surface area contributed by atoms with Crippen molar-refractivity contribution < 1.29 is 22.3 Å². The average molecular weight is 398 g/mol. The minimum Gasteiger partial charge on any atom is -0.379 e. The maximum atomic E-state index is 12.9. The first-order valence-electron chi connectivity index (χ1n) is 8.13. The Morgan fingerprint density at radius 3 is 2.54 bits per heavy atom. The molecule has 0 atom stereocenters. The predicted molar refractivity (Wildman–Crippen MR) is 95.8 cm³/mol. The Labute approximate surface area is 155 Å². The molecule has 1 saturated heterocycles. The summed E-state index contributed by atoms with van der Waals surface area (Å²) in [5, 5.41) is 2.76. The van der Waals surface area contributed by atoms with E-state index in [9.17, 15) is 17.6 Å². The number of amides is 1. The number of hydrogen-bond acceptors (Lipinski definition) is 5. The number of thiophene rings is 1. The number of rotatable bonds is 6.